The molecule has 1 aromatic heterocycles. The number of piperidine rings is 1. The molecule has 0 spiro atoms. The highest BCUT2D eigenvalue weighted by Crippen LogP contribution is 2.31. The minimum absolute atomic E-state index is 0.196. The molecule has 0 bridgehead atoms. The van der Waals surface area contributed by atoms with Crippen molar-refractivity contribution in [2.24, 2.45) is 18.9 Å². The van der Waals surface area contributed by atoms with Gasteiger partial charge >= 0.3 is 0 Å². The van der Waals surface area contributed by atoms with Gasteiger partial charge in [-0.3, -0.25) is 4.79 Å². The van der Waals surface area contributed by atoms with Gasteiger partial charge in [-0.05, 0) is 51.0 Å². The third-order valence-electron chi connectivity index (χ3n) is 5.20. The molecule has 3 rings (SSSR count). The Morgan fingerprint density at radius 2 is 2.05 bits per heavy atom. The summed E-state index contributed by atoms with van der Waals surface area (Å²) in [5, 5.41) is 0. The van der Waals surface area contributed by atoms with E-state index in [-0.39, 0.29) is 5.91 Å². The van der Waals surface area contributed by atoms with E-state index in [0.717, 1.165) is 38.4 Å². The zero-order chi connectivity index (χ0) is 15.7. The molecule has 5 nitrogen and oxygen atoms in total. The maximum Gasteiger partial charge on any atom is 0.270 e. The summed E-state index contributed by atoms with van der Waals surface area (Å²) in [4.78, 5) is 19.5. The molecule has 0 saturated carbocycles. The minimum atomic E-state index is 0.196. The Balaban J connectivity index is 1.58. The van der Waals surface area contributed by atoms with E-state index in [1.165, 1.54) is 13.0 Å². The van der Waals surface area contributed by atoms with Crippen LogP contribution < -0.4 is 0 Å². The molecule has 5 heteroatoms. The standard InChI is InChI=1S/C17H28N4O/c1-18(2)9-10-20-8-6-14-12-21(13-15(14)11-20)17(22)16-5-4-7-19(16)3/h4-5,7,14-15H,6,8-13H2,1-3H3/t14-,15+/m0/s1. The SMILES string of the molecule is CN(C)CCN1CC[C@H]2CN(C(=O)c3cccn3C)C[C@H]2C1. The van der Waals surface area contributed by atoms with Crippen molar-refractivity contribution in [2.45, 2.75) is 6.42 Å². The fourth-order valence-electron chi connectivity index (χ4n) is 3.80. The molecule has 2 aliphatic rings. The van der Waals surface area contributed by atoms with Crippen LogP contribution in [-0.2, 0) is 7.05 Å². The van der Waals surface area contributed by atoms with Crippen LogP contribution in [0.2, 0.25) is 0 Å². The van der Waals surface area contributed by atoms with Crippen molar-refractivity contribution in [3.63, 3.8) is 0 Å². The summed E-state index contributed by atoms with van der Waals surface area (Å²) in [5.74, 6) is 1.54. The second-order valence-corrected chi connectivity index (χ2v) is 7.13. The van der Waals surface area contributed by atoms with Gasteiger partial charge in [0.05, 0.1) is 0 Å². The highest BCUT2D eigenvalue weighted by molar-refractivity contribution is 5.93. The molecule has 1 aromatic rings. The Hall–Kier alpha value is -1.33. The van der Waals surface area contributed by atoms with Crippen LogP contribution in [0.5, 0.6) is 0 Å². The summed E-state index contributed by atoms with van der Waals surface area (Å²) in [5.41, 5.74) is 0.808. The van der Waals surface area contributed by atoms with Gasteiger partial charge in [0.1, 0.15) is 5.69 Å². The van der Waals surface area contributed by atoms with E-state index >= 15 is 0 Å². The molecule has 2 atom stereocenters. The fraction of sp³-hybridized carbons (Fsp3) is 0.706. The van der Waals surface area contributed by atoms with E-state index in [9.17, 15) is 4.79 Å². The second kappa shape index (κ2) is 6.42. The van der Waals surface area contributed by atoms with Crippen molar-refractivity contribution in [3.8, 4) is 0 Å². The van der Waals surface area contributed by atoms with Crippen LogP contribution in [-0.4, -0.2) is 78.5 Å². The molecule has 0 radical (unpaired) electrons. The molecule has 0 unspecified atom stereocenters. The average molecular weight is 304 g/mol. The number of aryl methyl sites for hydroxylation is 1. The molecule has 122 valence electrons. The molecule has 22 heavy (non-hydrogen) atoms. The summed E-state index contributed by atoms with van der Waals surface area (Å²) in [6, 6.07) is 3.87. The molecular formula is C17H28N4O. The lowest BCUT2D eigenvalue weighted by Gasteiger charge is -2.34. The van der Waals surface area contributed by atoms with Crippen LogP contribution in [0.15, 0.2) is 18.3 Å². The molecule has 1 amide bonds. The number of rotatable bonds is 4. The first-order valence-corrected chi connectivity index (χ1v) is 8.32. The van der Waals surface area contributed by atoms with Gasteiger partial charge in [0.25, 0.3) is 5.91 Å². The van der Waals surface area contributed by atoms with E-state index in [1.807, 2.05) is 29.9 Å². The lowest BCUT2D eigenvalue weighted by molar-refractivity contribution is 0.0774. The number of likely N-dealkylation sites (tertiary alicyclic amines) is 2. The number of hydrogen-bond acceptors (Lipinski definition) is 3. The molecular weight excluding hydrogens is 276 g/mol. The smallest absolute Gasteiger partial charge is 0.270 e. The monoisotopic (exact) mass is 304 g/mol. The fourth-order valence-corrected chi connectivity index (χ4v) is 3.80. The van der Waals surface area contributed by atoms with E-state index in [1.54, 1.807) is 0 Å². The van der Waals surface area contributed by atoms with Crippen LogP contribution in [0.3, 0.4) is 0 Å². The zero-order valence-corrected chi connectivity index (χ0v) is 14.0. The highest BCUT2D eigenvalue weighted by Gasteiger charge is 2.39. The molecule has 0 N–H and O–H groups in total. The lowest BCUT2D eigenvalue weighted by atomic mass is 9.89. The van der Waals surface area contributed by atoms with Crippen molar-refractivity contribution in [1.29, 1.82) is 0 Å². The van der Waals surface area contributed by atoms with Gasteiger partial charge in [-0.2, -0.15) is 0 Å². The number of amides is 1. The summed E-state index contributed by atoms with van der Waals surface area (Å²) in [7, 11) is 6.20. The zero-order valence-electron chi connectivity index (χ0n) is 14.0. The maximum atomic E-state index is 12.7. The largest absolute Gasteiger partial charge is 0.347 e. The second-order valence-electron chi connectivity index (χ2n) is 7.13. The number of carbonyl (C=O) groups excluding carboxylic acids is 1. The summed E-state index contributed by atoms with van der Waals surface area (Å²) in [6.07, 6.45) is 3.17. The Labute approximate surface area is 133 Å². The maximum absolute atomic E-state index is 12.7. The topological polar surface area (TPSA) is 31.7 Å². The normalized spacial score (nSPS) is 25.7. The van der Waals surface area contributed by atoms with Gasteiger partial charge in [0.2, 0.25) is 0 Å². The van der Waals surface area contributed by atoms with Crippen molar-refractivity contribution < 1.29 is 4.79 Å². The van der Waals surface area contributed by atoms with Crippen LogP contribution >= 0.6 is 0 Å². The number of fused-ring (bicyclic) bond motifs is 1. The van der Waals surface area contributed by atoms with E-state index in [0.29, 0.717) is 11.8 Å². The first-order valence-electron chi connectivity index (χ1n) is 8.32. The quantitative estimate of drug-likeness (QED) is 0.831. The molecule has 2 aliphatic heterocycles. The Morgan fingerprint density at radius 1 is 1.27 bits per heavy atom. The number of aromatic nitrogens is 1. The third kappa shape index (κ3) is 3.20. The van der Waals surface area contributed by atoms with Crippen LogP contribution in [0, 0.1) is 11.8 Å². The van der Waals surface area contributed by atoms with Gasteiger partial charge < -0.3 is 19.3 Å². The minimum Gasteiger partial charge on any atom is -0.347 e. The lowest BCUT2D eigenvalue weighted by Crippen LogP contribution is -2.42. The van der Waals surface area contributed by atoms with E-state index in [2.05, 4.69) is 28.8 Å². The average Bonchev–Trinajstić information content (AvgIpc) is 3.09. The van der Waals surface area contributed by atoms with E-state index in [4.69, 9.17) is 0 Å². The predicted octanol–water partition coefficient (Wildman–Crippen LogP) is 0.981. The van der Waals surface area contributed by atoms with Crippen molar-refractivity contribution in [1.82, 2.24) is 19.3 Å². The van der Waals surface area contributed by atoms with Gasteiger partial charge in [-0.15, -0.1) is 0 Å². The van der Waals surface area contributed by atoms with Crippen LogP contribution in [0.1, 0.15) is 16.9 Å². The van der Waals surface area contributed by atoms with Crippen molar-refractivity contribution >= 4 is 5.91 Å². The number of carbonyl (C=O) groups is 1. The van der Waals surface area contributed by atoms with Gasteiger partial charge in [0, 0.05) is 46.0 Å². The van der Waals surface area contributed by atoms with Gasteiger partial charge in [-0.1, -0.05) is 0 Å². The summed E-state index contributed by atoms with van der Waals surface area (Å²) < 4.78 is 1.92. The summed E-state index contributed by atoms with van der Waals surface area (Å²) in [6.45, 7) is 6.45. The number of hydrogen-bond donors (Lipinski definition) is 0. The highest BCUT2D eigenvalue weighted by atomic mass is 16.2. The van der Waals surface area contributed by atoms with Gasteiger partial charge in [-0.25, -0.2) is 0 Å². The first-order chi connectivity index (χ1) is 10.5. The Morgan fingerprint density at radius 3 is 2.73 bits per heavy atom. The Kier molecular flexibility index (Phi) is 4.54. The molecule has 3 heterocycles. The molecule has 2 fully saturated rings. The molecule has 2 saturated heterocycles. The first kappa shape index (κ1) is 15.6. The molecule has 0 aromatic carbocycles. The van der Waals surface area contributed by atoms with Crippen LogP contribution in [0.25, 0.3) is 0 Å². The number of likely N-dealkylation sites (N-methyl/N-ethyl adjacent to an activating group) is 1. The predicted molar refractivity (Wildman–Crippen MR) is 87.9 cm³/mol. The van der Waals surface area contributed by atoms with Crippen molar-refractivity contribution in [2.75, 3.05) is 53.4 Å². The van der Waals surface area contributed by atoms with Gasteiger partial charge in [0.15, 0.2) is 0 Å². The Bertz CT molecular complexity index is 524. The summed E-state index contributed by atoms with van der Waals surface area (Å²) >= 11 is 0. The molecule has 0 aliphatic carbocycles. The van der Waals surface area contributed by atoms with E-state index < -0.39 is 0 Å². The van der Waals surface area contributed by atoms with Crippen molar-refractivity contribution in [3.05, 3.63) is 24.0 Å². The number of nitrogens with zero attached hydrogens (tertiary/aromatic N) is 4. The van der Waals surface area contributed by atoms with Crippen LogP contribution in [0.4, 0.5) is 0 Å². The third-order valence-corrected chi connectivity index (χ3v) is 5.20.